The maximum atomic E-state index is 14.5. The van der Waals surface area contributed by atoms with Crippen molar-refractivity contribution in [2.75, 3.05) is 6.54 Å². The van der Waals surface area contributed by atoms with E-state index in [4.69, 9.17) is 4.74 Å². The lowest BCUT2D eigenvalue weighted by Gasteiger charge is -2.29. The van der Waals surface area contributed by atoms with Crippen molar-refractivity contribution in [3.05, 3.63) is 76.8 Å². The van der Waals surface area contributed by atoms with Gasteiger partial charge in [0.1, 0.15) is 41.1 Å². The smallest absolute Gasteiger partial charge is 0.271 e. The summed E-state index contributed by atoms with van der Waals surface area (Å²) >= 11 is 1.23. The van der Waals surface area contributed by atoms with Crippen LogP contribution in [-0.4, -0.2) is 82.4 Å². The van der Waals surface area contributed by atoms with E-state index in [1.54, 1.807) is 5.38 Å². The van der Waals surface area contributed by atoms with Gasteiger partial charge in [-0.15, -0.1) is 11.3 Å². The second-order valence-electron chi connectivity index (χ2n) is 14.7. The van der Waals surface area contributed by atoms with Crippen molar-refractivity contribution in [2.24, 2.45) is 5.92 Å². The molecular formula is C38H38F2N6O7S2. The summed E-state index contributed by atoms with van der Waals surface area (Å²) in [7, 11) is -3.93. The number of hydrogen-bond donors (Lipinski definition) is 3. The number of thiazole rings is 1. The zero-order valence-corrected chi connectivity index (χ0v) is 31.1. The number of pyridine rings is 1. The molecule has 8 rings (SSSR count). The number of fused-ring (bicyclic) bond motifs is 5. The molecule has 2 saturated carbocycles. The van der Waals surface area contributed by atoms with E-state index in [9.17, 15) is 36.4 Å². The van der Waals surface area contributed by atoms with Crippen molar-refractivity contribution in [1.29, 1.82) is 0 Å². The Bertz CT molecular complexity index is 2340. The molecule has 0 unspecified atom stereocenters. The highest BCUT2D eigenvalue weighted by atomic mass is 32.2. The zero-order valence-electron chi connectivity index (χ0n) is 29.5. The van der Waals surface area contributed by atoms with Gasteiger partial charge in [0.15, 0.2) is 0 Å². The Balaban J connectivity index is 1.13. The summed E-state index contributed by atoms with van der Waals surface area (Å²) in [4.78, 5) is 65.8. The number of halogens is 2. The molecule has 17 heteroatoms. The third-order valence-corrected chi connectivity index (χ3v) is 13.2. The largest absolute Gasteiger partial charge is 0.472 e. The molecular weight excluding hydrogens is 755 g/mol. The van der Waals surface area contributed by atoms with Gasteiger partial charge in [0.2, 0.25) is 27.7 Å². The normalized spacial score (nSPS) is 26.6. The second-order valence-corrected chi connectivity index (χ2v) is 17.3. The van der Waals surface area contributed by atoms with Crippen molar-refractivity contribution in [1.82, 2.24) is 30.2 Å². The Morgan fingerprint density at radius 3 is 2.55 bits per heavy atom. The molecule has 3 fully saturated rings. The topological polar surface area (TPSA) is 177 Å². The van der Waals surface area contributed by atoms with E-state index in [-0.39, 0.29) is 42.9 Å². The first kappa shape index (κ1) is 36.9. The lowest BCUT2D eigenvalue weighted by Crippen LogP contribution is -2.58. The maximum absolute atomic E-state index is 14.5. The predicted molar refractivity (Wildman–Crippen MR) is 198 cm³/mol. The molecule has 4 aromatic rings. The summed E-state index contributed by atoms with van der Waals surface area (Å²) in [6, 6.07) is 5.73. The minimum Gasteiger partial charge on any atom is -0.472 e. The molecule has 2 aromatic carbocycles. The number of sulfonamides is 1. The highest BCUT2D eigenvalue weighted by Crippen LogP contribution is 2.46. The summed E-state index contributed by atoms with van der Waals surface area (Å²) in [6.07, 6.45) is 6.85. The van der Waals surface area contributed by atoms with E-state index in [0.29, 0.717) is 41.8 Å². The SMILES string of the molecule is O=C(N[C@H]1CCCCC/C=C\[C@@H]2C[C@@]2(C(=O)NS(=O)(=O)C2CC2)NC(=O)[C@@H]2C[C@@H](Oc3nc4cc(F)ccc4c4cc(F)ccc34)CN2C1=O)c1cscn1. The Morgan fingerprint density at radius 1 is 1.00 bits per heavy atom. The molecule has 5 atom stereocenters. The van der Waals surface area contributed by atoms with Crippen molar-refractivity contribution in [3.8, 4) is 5.88 Å². The highest BCUT2D eigenvalue weighted by molar-refractivity contribution is 7.91. The Kier molecular flexibility index (Phi) is 9.77. The van der Waals surface area contributed by atoms with E-state index in [2.05, 4.69) is 25.3 Å². The fraction of sp³-hybridized carbons (Fsp3) is 0.421. The summed E-state index contributed by atoms with van der Waals surface area (Å²) < 4.78 is 63.1. The third kappa shape index (κ3) is 7.51. The standard InChI is InChI=1S/C38H38F2N6O7S2/c39-22-9-13-27-28(14-22)26-12-8-23(40)15-30(26)43-35(27)53-24-16-32-34(48)44-38(37(50)45-55(51,52)25-10-11-25)17-21(38)6-4-2-1-3-5-7-29(36(49)46(32)18-24)42-33(47)31-19-54-20-41-31/h4,6,8-9,12-15,19-21,24-25,29,32H,1-3,5,7,10-11,16-18H2,(H,42,47)(H,44,48)(H,45,50)/b6-4-/t21-,24-,29+,32+,38-/m1/s1. The van der Waals surface area contributed by atoms with Crippen LogP contribution in [0, 0.1) is 17.6 Å². The molecule has 0 radical (unpaired) electrons. The quantitative estimate of drug-likeness (QED) is 0.182. The zero-order chi connectivity index (χ0) is 38.5. The van der Waals surface area contributed by atoms with Gasteiger partial charge in [0.25, 0.3) is 11.8 Å². The van der Waals surface area contributed by atoms with E-state index < -0.39 is 80.2 Å². The number of nitrogens with zero attached hydrogens (tertiary/aromatic N) is 3. The van der Waals surface area contributed by atoms with E-state index >= 15 is 0 Å². The molecule has 2 aliphatic carbocycles. The number of aromatic nitrogens is 2. The summed E-state index contributed by atoms with van der Waals surface area (Å²) in [5.41, 5.74) is 0.295. The second kappa shape index (κ2) is 14.6. The summed E-state index contributed by atoms with van der Waals surface area (Å²) in [5, 5.41) is 7.88. The molecule has 3 N–H and O–H groups in total. The van der Waals surface area contributed by atoms with Crippen molar-refractivity contribution in [2.45, 2.75) is 86.8 Å². The van der Waals surface area contributed by atoms with Crippen LogP contribution in [0.2, 0.25) is 0 Å². The summed E-state index contributed by atoms with van der Waals surface area (Å²) in [5.74, 6) is -4.16. The van der Waals surface area contributed by atoms with E-state index in [1.807, 2.05) is 12.2 Å². The number of nitrogens with one attached hydrogen (secondary N) is 3. The summed E-state index contributed by atoms with van der Waals surface area (Å²) in [6.45, 7) is -0.135. The van der Waals surface area contributed by atoms with Crippen LogP contribution >= 0.6 is 11.3 Å². The molecule has 4 amide bonds. The number of benzene rings is 2. The van der Waals surface area contributed by atoms with Gasteiger partial charge in [-0.3, -0.25) is 23.9 Å². The minimum absolute atomic E-state index is 0.0376. The van der Waals surface area contributed by atoms with E-state index in [1.165, 1.54) is 58.1 Å². The molecule has 1 saturated heterocycles. The van der Waals surface area contributed by atoms with Crippen LogP contribution < -0.4 is 20.1 Å². The van der Waals surface area contributed by atoms with Gasteiger partial charge in [-0.05, 0) is 74.2 Å². The van der Waals surface area contributed by atoms with Crippen LogP contribution in [-0.2, 0) is 24.4 Å². The number of rotatable bonds is 7. The molecule has 2 aliphatic heterocycles. The van der Waals surface area contributed by atoms with Crippen LogP contribution in [0.25, 0.3) is 21.7 Å². The van der Waals surface area contributed by atoms with Crippen LogP contribution in [0.15, 0.2) is 59.4 Å². The lowest BCUT2D eigenvalue weighted by molar-refractivity contribution is -0.141. The van der Waals surface area contributed by atoms with Crippen molar-refractivity contribution >= 4 is 66.7 Å². The van der Waals surface area contributed by atoms with Gasteiger partial charge in [-0.1, -0.05) is 25.0 Å². The monoisotopic (exact) mass is 792 g/mol. The van der Waals surface area contributed by atoms with Crippen molar-refractivity contribution < 1.29 is 41.1 Å². The first-order chi connectivity index (χ1) is 26.4. The van der Waals surface area contributed by atoms with Gasteiger partial charge in [0.05, 0.1) is 22.8 Å². The number of allylic oxidation sites excluding steroid dienone is 1. The fourth-order valence-electron chi connectivity index (χ4n) is 7.57. The van der Waals surface area contributed by atoms with Gasteiger partial charge < -0.3 is 20.3 Å². The Hall–Kier alpha value is -5.03. The number of amides is 4. The Morgan fingerprint density at radius 2 is 1.78 bits per heavy atom. The molecule has 4 heterocycles. The van der Waals surface area contributed by atoms with E-state index in [0.717, 1.165) is 12.8 Å². The molecule has 55 heavy (non-hydrogen) atoms. The minimum atomic E-state index is -3.93. The molecule has 0 bridgehead atoms. The highest BCUT2D eigenvalue weighted by Gasteiger charge is 2.62. The number of ether oxygens (including phenoxy) is 1. The van der Waals surface area contributed by atoms with Gasteiger partial charge in [0, 0.05) is 34.6 Å². The molecule has 4 aliphatic rings. The molecule has 0 spiro atoms. The van der Waals surface area contributed by atoms with Crippen molar-refractivity contribution in [3.63, 3.8) is 0 Å². The molecule has 288 valence electrons. The third-order valence-electron chi connectivity index (χ3n) is 10.8. The average Bonchev–Trinajstić information content (AvgIpc) is 4.01. The van der Waals surface area contributed by atoms with Crippen LogP contribution in [0.1, 0.15) is 68.3 Å². The number of carbonyl (C=O) groups is 4. The Labute approximate surface area is 319 Å². The van der Waals surface area contributed by atoms with Gasteiger partial charge >= 0.3 is 0 Å². The number of hydrogen-bond acceptors (Lipinski definition) is 10. The molecule has 2 aromatic heterocycles. The van der Waals surface area contributed by atoms with Crippen LogP contribution in [0.3, 0.4) is 0 Å². The predicted octanol–water partition coefficient (Wildman–Crippen LogP) is 4.27. The fourth-order valence-corrected chi connectivity index (χ4v) is 9.47. The lowest BCUT2D eigenvalue weighted by atomic mass is 10.0. The van der Waals surface area contributed by atoms with Crippen LogP contribution in [0.5, 0.6) is 5.88 Å². The average molecular weight is 793 g/mol. The van der Waals surface area contributed by atoms with Gasteiger partial charge in [-0.25, -0.2) is 27.2 Å². The first-order valence-electron chi connectivity index (χ1n) is 18.3. The first-order valence-corrected chi connectivity index (χ1v) is 20.8. The number of carbonyl (C=O) groups excluding carboxylic acids is 4. The maximum Gasteiger partial charge on any atom is 0.271 e. The van der Waals surface area contributed by atoms with Crippen LogP contribution in [0.4, 0.5) is 8.78 Å². The molecule has 13 nitrogen and oxygen atoms in total. The van der Waals surface area contributed by atoms with Gasteiger partial charge in [-0.2, -0.15) is 0 Å².